The van der Waals surface area contributed by atoms with Gasteiger partial charge in [0.2, 0.25) is 27.7 Å². The zero-order chi connectivity index (χ0) is 23.0. The first kappa shape index (κ1) is 21.3. The van der Waals surface area contributed by atoms with Crippen molar-refractivity contribution in [1.29, 1.82) is 0 Å². The van der Waals surface area contributed by atoms with Crippen molar-refractivity contribution in [3.8, 4) is 23.3 Å². The third kappa shape index (κ3) is 4.23. The van der Waals surface area contributed by atoms with Gasteiger partial charge in [-0.15, -0.1) is 0 Å². The molecule has 1 aliphatic carbocycles. The Labute approximate surface area is 191 Å². The van der Waals surface area contributed by atoms with Crippen LogP contribution >= 0.6 is 0 Å². The first-order valence-electron chi connectivity index (χ1n) is 10.5. The molecule has 9 heteroatoms. The van der Waals surface area contributed by atoms with E-state index in [1.807, 2.05) is 29.0 Å². The maximum absolute atomic E-state index is 12.1. The summed E-state index contributed by atoms with van der Waals surface area (Å²) in [6.07, 6.45) is 1.37. The fourth-order valence-electron chi connectivity index (χ4n) is 4.25. The number of fused-ring (bicyclic) bond motifs is 1. The molecule has 5 rings (SSSR count). The lowest BCUT2D eigenvalue weighted by atomic mass is 10.1. The van der Waals surface area contributed by atoms with E-state index in [4.69, 9.17) is 14.2 Å². The van der Waals surface area contributed by atoms with Gasteiger partial charge in [0.05, 0.1) is 13.5 Å². The van der Waals surface area contributed by atoms with Gasteiger partial charge in [-0.1, -0.05) is 30.3 Å². The fraction of sp³-hybridized carbons (Fsp3) is 0.250. The number of sulfonamides is 1. The van der Waals surface area contributed by atoms with Gasteiger partial charge >= 0.3 is 0 Å². The van der Waals surface area contributed by atoms with Crippen LogP contribution in [0.5, 0.6) is 23.3 Å². The maximum atomic E-state index is 12.1. The molecule has 1 fully saturated rings. The van der Waals surface area contributed by atoms with Crippen molar-refractivity contribution in [3.05, 3.63) is 77.4 Å². The molecule has 2 aromatic carbocycles. The maximum Gasteiger partial charge on any atom is 0.242 e. The van der Waals surface area contributed by atoms with Gasteiger partial charge in [0.15, 0.2) is 0 Å². The molecule has 8 nitrogen and oxygen atoms in total. The number of nitrogens with zero attached hydrogens (tertiary/aromatic N) is 1. The Kier molecular flexibility index (Phi) is 5.41. The molecule has 1 unspecified atom stereocenters. The van der Waals surface area contributed by atoms with Crippen LogP contribution in [0, 0.1) is 0 Å². The van der Waals surface area contributed by atoms with Gasteiger partial charge in [0, 0.05) is 17.7 Å². The van der Waals surface area contributed by atoms with Crippen LogP contribution in [0.25, 0.3) is 0 Å². The van der Waals surface area contributed by atoms with Crippen LogP contribution in [-0.4, -0.2) is 26.4 Å². The number of ether oxygens (including phenoxy) is 3. The second-order valence-electron chi connectivity index (χ2n) is 7.92. The van der Waals surface area contributed by atoms with Crippen LogP contribution in [0.4, 0.5) is 0 Å². The largest absolute Gasteiger partial charge is 0.486 e. The molecular weight excluding hydrogens is 444 g/mol. The molecule has 1 aromatic heterocycles. The quantitative estimate of drug-likeness (QED) is 0.589. The Hall–Kier alpha value is -3.59. The summed E-state index contributed by atoms with van der Waals surface area (Å²) in [6.45, 7) is 0. The van der Waals surface area contributed by atoms with Crippen molar-refractivity contribution in [2.45, 2.75) is 30.6 Å². The standard InChI is InChI=1S/C24H22N2O6S/c1-30-23-6-3-7-24(25-23)32-19-5-2-4-17-18(19)12-13-20(17)31-16-10-8-15(9-11-16)21-14-22(27)26-33(21,28)29/h2-11,20-21H,12-14H2,1H3,(H,26,27)/t20-,21?/m1/s1. The summed E-state index contributed by atoms with van der Waals surface area (Å²) in [6, 6.07) is 18.1. The Morgan fingerprint density at radius 2 is 1.76 bits per heavy atom. The Bertz CT molecular complexity index is 1310. The highest BCUT2D eigenvalue weighted by atomic mass is 32.2. The molecule has 170 valence electrons. The molecule has 33 heavy (non-hydrogen) atoms. The number of rotatable bonds is 6. The molecule has 2 heterocycles. The number of amides is 1. The van der Waals surface area contributed by atoms with Crippen molar-refractivity contribution >= 4 is 15.9 Å². The fourth-order valence-corrected chi connectivity index (χ4v) is 5.68. The average molecular weight is 467 g/mol. The van der Waals surface area contributed by atoms with Gasteiger partial charge in [-0.05, 0) is 42.2 Å². The molecule has 2 atom stereocenters. The van der Waals surface area contributed by atoms with Crippen LogP contribution in [0.15, 0.2) is 60.7 Å². The van der Waals surface area contributed by atoms with Crippen LogP contribution in [-0.2, 0) is 21.2 Å². The Morgan fingerprint density at radius 1 is 1.00 bits per heavy atom. The van der Waals surface area contributed by atoms with E-state index in [9.17, 15) is 13.2 Å². The van der Waals surface area contributed by atoms with E-state index >= 15 is 0 Å². The number of carbonyl (C=O) groups is 1. The second-order valence-corrected chi connectivity index (χ2v) is 9.78. The summed E-state index contributed by atoms with van der Waals surface area (Å²) in [7, 11) is -2.11. The molecule has 3 aromatic rings. The van der Waals surface area contributed by atoms with E-state index in [0.717, 1.165) is 29.7 Å². The number of methoxy groups -OCH3 is 1. The number of carbonyl (C=O) groups excluding carboxylic acids is 1. The zero-order valence-electron chi connectivity index (χ0n) is 17.9. The monoisotopic (exact) mass is 466 g/mol. The lowest BCUT2D eigenvalue weighted by Gasteiger charge is -2.16. The summed E-state index contributed by atoms with van der Waals surface area (Å²) >= 11 is 0. The molecule has 0 saturated carbocycles. The molecule has 2 aliphatic rings. The van der Waals surface area contributed by atoms with E-state index in [0.29, 0.717) is 23.1 Å². The lowest BCUT2D eigenvalue weighted by molar-refractivity contribution is -0.118. The number of nitrogens with one attached hydrogen (secondary N) is 1. The van der Waals surface area contributed by atoms with Crippen LogP contribution in [0.3, 0.4) is 0 Å². The summed E-state index contributed by atoms with van der Waals surface area (Å²) in [5, 5.41) is -0.865. The number of benzene rings is 2. The van der Waals surface area contributed by atoms with Crippen LogP contribution in [0.1, 0.15) is 40.9 Å². The van der Waals surface area contributed by atoms with E-state index in [-0.39, 0.29) is 12.5 Å². The highest BCUT2D eigenvalue weighted by Gasteiger charge is 2.37. The number of pyridine rings is 1. The van der Waals surface area contributed by atoms with Gasteiger partial charge < -0.3 is 14.2 Å². The SMILES string of the molecule is COc1cccc(Oc2cccc3c2CC[C@H]3Oc2ccc(C3CC(=O)NS3(=O)=O)cc2)n1. The third-order valence-electron chi connectivity index (χ3n) is 5.83. The number of hydrogen-bond acceptors (Lipinski definition) is 7. The van der Waals surface area contributed by atoms with Crippen molar-refractivity contribution in [3.63, 3.8) is 0 Å². The van der Waals surface area contributed by atoms with E-state index in [1.165, 1.54) is 0 Å². The summed E-state index contributed by atoms with van der Waals surface area (Å²) in [5.74, 6) is 1.82. The molecular formula is C24H22N2O6S. The first-order chi connectivity index (χ1) is 15.9. The third-order valence-corrected chi connectivity index (χ3v) is 7.53. The minimum Gasteiger partial charge on any atom is -0.486 e. The van der Waals surface area contributed by atoms with E-state index in [1.54, 1.807) is 43.5 Å². The molecule has 0 bridgehead atoms. The predicted molar refractivity (Wildman–Crippen MR) is 120 cm³/mol. The highest BCUT2D eigenvalue weighted by Crippen LogP contribution is 2.41. The lowest BCUT2D eigenvalue weighted by Crippen LogP contribution is -2.21. The van der Waals surface area contributed by atoms with Crippen molar-refractivity contribution < 1.29 is 27.4 Å². The van der Waals surface area contributed by atoms with Gasteiger partial charge in [-0.3, -0.25) is 9.52 Å². The van der Waals surface area contributed by atoms with E-state index < -0.39 is 21.2 Å². The minimum atomic E-state index is -3.67. The molecule has 0 spiro atoms. The molecule has 0 radical (unpaired) electrons. The molecule has 1 aliphatic heterocycles. The summed E-state index contributed by atoms with van der Waals surface area (Å²) < 4.78 is 43.6. The van der Waals surface area contributed by atoms with Crippen molar-refractivity contribution in [1.82, 2.24) is 9.71 Å². The number of hydrogen-bond donors (Lipinski definition) is 1. The van der Waals surface area contributed by atoms with Gasteiger partial charge in [-0.25, -0.2) is 8.42 Å². The summed E-state index contributed by atoms with van der Waals surface area (Å²) in [5.41, 5.74) is 2.69. The second kappa shape index (κ2) is 8.40. The zero-order valence-corrected chi connectivity index (χ0v) is 18.7. The minimum absolute atomic E-state index is 0.0660. The molecule has 1 saturated heterocycles. The normalized spacial score (nSPS) is 20.7. The first-order valence-corrected chi connectivity index (χ1v) is 12.1. The van der Waals surface area contributed by atoms with Crippen LogP contribution in [0.2, 0.25) is 0 Å². The summed E-state index contributed by atoms with van der Waals surface area (Å²) in [4.78, 5) is 15.8. The predicted octanol–water partition coefficient (Wildman–Crippen LogP) is 3.84. The van der Waals surface area contributed by atoms with Gasteiger partial charge in [0.1, 0.15) is 22.9 Å². The average Bonchev–Trinajstić information content (AvgIpc) is 3.34. The van der Waals surface area contributed by atoms with Crippen molar-refractivity contribution in [2.24, 2.45) is 0 Å². The van der Waals surface area contributed by atoms with Crippen molar-refractivity contribution in [2.75, 3.05) is 7.11 Å². The molecule has 1 N–H and O–H groups in total. The number of aromatic nitrogens is 1. The highest BCUT2D eigenvalue weighted by molar-refractivity contribution is 7.90. The van der Waals surface area contributed by atoms with Gasteiger partial charge in [0.25, 0.3) is 0 Å². The van der Waals surface area contributed by atoms with Gasteiger partial charge in [-0.2, -0.15) is 4.98 Å². The topological polar surface area (TPSA) is 104 Å². The van der Waals surface area contributed by atoms with Crippen LogP contribution < -0.4 is 18.9 Å². The van der Waals surface area contributed by atoms with E-state index in [2.05, 4.69) is 4.98 Å². The Balaban J connectivity index is 1.32. The smallest absolute Gasteiger partial charge is 0.242 e. The molecule has 1 amide bonds. The Morgan fingerprint density at radius 3 is 2.48 bits per heavy atom.